The second-order valence-corrected chi connectivity index (χ2v) is 9.60. The Hall–Kier alpha value is -0.903. The first kappa shape index (κ1) is 21.1. The van der Waals surface area contributed by atoms with Crippen LogP contribution in [0, 0.1) is 0 Å². The van der Waals surface area contributed by atoms with Crippen molar-refractivity contribution in [2.24, 2.45) is 0 Å². The van der Waals surface area contributed by atoms with Crippen molar-refractivity contribution < 1.29 is 4.74 Å². The van der Waals surface area contributed by atoms with Gasteiger partial charge in [0.2, 0.25) is 0 Å². The van der Waals surface area contributed by atoms with Gasteiger partial charge >= 0.3 is 0 Å². The number of rotatable bonds is 14. The first-order valence-corrected chi connectivity index (χ1v) is 11.9. The standard InChI is InChI=1S/C21H37NOSi/c1-5-8-15-22(16-9-6-2)17-12-18-24(19-23-4)21-14-11-10-13-20(21)7-3/h7,10-11,13-14,24H,3,5-6,8-9,12,15-19H2,1-2,4H3. The van der Waals surface area contributed by atoms with E-state index in [1.807, 2.05) is 13.2 Å². The topological polar surface area (TPSA) is 12.5 Å². The van der Waals surface area contributed by atoms with Crippen LogP contribution in [-0.4, -0.2) is 46.7 Å². The Morgan fingerprint density at radius 3 is 2.25 bits per heavy atom. The van der Waals surface area contributed by atoms with E-state index in [4.69, 9.17) is 4.74 Å². The van der Waals surface area contributed by atoms with E-state index in [0.29, 0.717) is 0 Å². The van der Waals surface area contributed by atoms with Crippen LogP contribution in [0.15, 0.2) is 30.8 Å². The van der Waals surface area contributed by atoms with Gasteiger partial charge in [-0.25, -0.2) is 0 Å². The van der Waals surface area contributed by atoms with Gasteiger partial charge < -0.3 is 9.64 Å². The van der Waals surface area contributed by atoms with Crippen molar-refractivity contribution >= 4 is 20.1 Å². The van der Waals surface area contributed by atoms with Crippen molar-refractivity contribution in [3.63, 3.8) is 0 Å². The van der Waals surface area contributed by atoms with Crippen LogP contribution in [0.1, 0.15) is 51.5 Å². The van der Waals surface area contributed by atoms with Gasteiger partial charge in [-0.1, -0.05) is 74.8 Å². The molecule has 0 spiro atoms. The quantitative estimate of drug-likeness (QED) is 0.467. The first-order valence-electron chi connectivity index (χ1n) is 9.69. The summed E-state index contributed by atoms with van der Waals surface area (Å²) >= 11 is 0. The smallest absolute Gasteiger partial charge is 0.101 e. The van der Waals surface area contributed by atoms with E-state index in [9.17, 15) is 0 Å². The third kappa shape index (κ3) is 7.78. The van der Waals surface area contributed by atoms with Crippen molar-refractivity contribution in [3.05, 3.63) is 36.4 Å². The second kappa shape index (κ2) is 13.4. The molecule has 3 heteroatoms. The molecule has 0 N–H and O–H groups in total. The van der Waals surface area contributed by atoms with Gasteiger partial charge in [0.1, 0.15) is 8.80 Å². The highest BCUT2D eigenvalue weighted by molar-refractivity contribution is 6.73. The number of unbranched alkanes of at least 4 members (excludes halogenated alkanes) is 2. The second-order valence-electron chi connectivity index (χ2n) is 6.68. The largest absolute Gasteiger partial charge is 0.388 e. The molecule has 0 aliphatic heterocycles. The highest BCUT2D eigenvalue weighted by Crippen LogP contribution is 2.08. The summed E-state index contributed by atoms with van der Waals surface area (Å²) in [5.41, 5.74) is 1.31. The number of methoxy groups -OCH3 is 1. The fraction of sp³-hybridized carbons (Fsp3) is 0.619. The Balaban J connectivity index is 2.59. The lowest BCUT2D eigenvalue weighted by Gasteiger charge is -2.23. The molecule has 2 nitrogen and oxygen atoms in total. The molecule has 0 amide bonds. The predicted octanol–water partition coefficient (Wildman–Crippen LogP) is 4.24. The summed E-state index contributed by atoms with van der Waals surface area (Å²) in [6.07, 6.45) is 9.43. The number of benzene rings is 1. The molecule has 0 saturated carbocycles. The number of ether oxygens (including phenoxy) is 1. The van der Waals surface area contributed by atoms with Gasteiger partial charge in [-0.05, 0) is 44.5 Å². The molecule has 1 atom stereocenters. The molecule has 0 aliphatic rings. The minimum atomic E-state index is -1.08. The molecule has 0 aromatic heterocycles. The first-order chi connectivity index (χ1) is 11.8. The summed E-state index contributed by atoms with van der Waals surface area (Å²) in [4.78, 5) is 2.67. The average molecular weight is 348 g/mol. The van der Waals surface area contributed by atoms with Gasteiger partial charge in [0, 0.05) is 13.3 Å². The van der Waals surface area contributed by atoms with E-state index < -0.39 is 8.80 Å². The van der Waals surface area contributed by atoms with Gasteiger partial charge in [-0.15, -0.1) is 0 Å². The molecule has 136 valence electrons. The van der Waals surface area contributed by atoms with Crippen LogP contribution in [-0.2, 0) is 4.74 Å². The number of hydrogen-bond acceptors (Lipinski definition) is 2. The Bertz CT molecular complexity index is 441. The van der Waals surface area contributed by atoms with Crippen molar-refractivity contribution in [1.82, 2.24) is 4.90 Å². The predicted molar refractivity (Wildman–Crippen MR) is 111 cm³/mol. The third-order valence-electron chi connectivity index (χ3n) is 4.71. The molecule has 1 unspecified atom stereocenters. The van der Waals surface area contributed by atoms with Crippen molar-refractivity contribution in [2.45, 2.75) is 52.0 Å². The Labute approximate surface area is 151 Å². The minimum absolute atomic E-state index is 0.925. The molecule has 0 aliphatic carbocycles. The van der Waals surface area contributed by atoms with E-state index in [2.05, 4.69) is 49.6 Å². The lowest BCUT2D eigenvalue weighted by Crippen LogP contribution is -2.37. The van der Waals surface area contributed by atoms with E-state index in [0.717, 1.165) is 6.23 Å². The van der Waals surface area contributed by atoms with Crippen LogP contribution < -0.4 is 5.19 Å². The van der Waals surface area contributed by atoms with Crippen molar-refractivity contribution in [3.8, 4) is 0 Å². The van der Waals surface area contributed by atoms with Crippen LogP contribution >= 0.6 is 0 Å². The maximum absolute atomic E-state index is 5.56. The molecule has 24 heavy (non-hydrogen) atoms. The molecule has 0 fully saturated rings. The third-order valence-corrected chi connectivity index (χ3v) is 7.95. The summed E-state index contributed by atoms with van der Waals surface area (Å²) in [5.74, 6) is 0. The van der Waals surface area contributed by atoms with Crippen molar-refractivity contribution in [1.29, 1.82) is 0 Å². The fourth-order valence-electron chi connectivity index (χ4n) is 3.26. The maximum atomic E-state index is 5.56. The van der Waals surface area contributed by atoms with Crippen LogP contribution in [0.5, 0.6) is 0 Å². The van der Waals surface area contributed by atoms with Crippen LogP contribution in [0.2, 0.25) is 6.04 Å². The summed E-state index contributed by atoms with van der Waals surface area (Å²) < 4.78 is 5.56. The van der Waals surface area contributed by atoms with Gasteiger partial charge in [-0.3, -0.25) is 0 Å². The SMILES string of the molecule is C=Cc1ccccc1[SiH](CCCN(CCCC)CCCC)COC. The lowest BCUT2D eigenvalue weighted by atomic mass is 10.2. The van der Waals surface area contributed by atoms with E-state index in [-0.39, 0.29) is 0 Å². The highest BCUT2D eigenvalue weighted by Gasteiger charge is 2.16. The Morgan fingerprint density at radius 2 is 1.67 bits per heavy atom. The van der Waals surface area contributed by atoms with Crippen LogP contribution in [0.25, 0.3) is 6.08 Å². The summed E-state index contributed by atoms with van der Waals surface area (Å²) in [5, 5.41) is 1.52. The number of nitrogens with zero attached hydrogens (tertiary/aromatic N) is 1. The molecule has 0 saturated heterocycles. The maximum Gasteiger partial charge on any atom is 0.101 e. The molecule has 1 rings (SSSR count). The summed E-state index contributed by atoms with van der Waals surface area (Å²) in [6, 6.07) is 10.1. The molecule has 1 aromatic carbocycles. The van der Waals surface area contributed by atoms with Gasteiger partial charge in [0.25, 0.3) is 0 Å². The normalized spacial score (nSPS) is 12.5. The zero-order valence-corrected chi connectivity index (χ0v) is 17.3. The average Bonchev–Trinajstić information content (AvgIpc) is 2.62. The minimum Gasteiger partial charge on any atom is -0.388 e. The van der Waals surface area contributed by atoms with E-state index in [1.165, 1.54) is 68.5 Å². The van der Waals surface area contributed by atoms with Gasteiger partial charge in [-0.2, -0.15) is 0 Å². The Kier molecular flexibility index (Phi) is 11.8. The molecular formula is C21H37NOSi. The summed E-state index contributed by atoms with van der Waals surface area (Å²) in [6.45, 7) is 12.3. The zero-order valence-electron chi connectivity index (χ0n) is 16.1. The van der Waals surface area contributed by atoms with Gasteiger partial charge in [0.15, 0.2) is 0 Å². The molecule has 0 radical (unpaired) electrons. The fourth-order valence-corrected chi connectivity index (χ4v) is 6.06. The van der Waals surface area contributed by atoms with Crippen molar-refractivity contribution in [2.75, 3.05) is 33.0 Å². The molecular weight excluding hydrogens is 310 g/mol. The van der Waals surface area contributed by atoms with Crippen LogP contribution in [0.4, 0.5) is 0 Å². The van der Waals surface area contributed by atoms with Gasteiger partial charge in [0.05, 0.1) is 0 Å². The molecule has 0 bridgehead atoms. The summed E-state index contributed by atoms with van der Waals surface area (Å²) in [7, 11) is 0.756. The monoisotopic (exact) mass is 347 g/mol. The van der Waals surface area contributed by atoms with E-state index in [1.54, 1.807) is 0 Å². The van der Waals surface area contributed by atoms with E-state index >= 15 is 0 Å². The van der Waals surface area contributed by atoms with Crippen LogP contribution in [0.3, 0.4) is 0 Å². The molecule has 0 heterocycles. The highest BCUT2D eigenvalue weighted by atomic mass is 28.3. The zero-order chi connectivity index (χ0) is 17.6. The molecule has 1 aromatic rings. The Morgan fingerprint density at radius 1 is 1.04 bits per heavy atom. The lowest BCUT2D eigenvalue weighted by molar-refractivity contribution is 0.247. The number of hydrogen-bond donors (Lipinski definition) is 0.